The Labute approximate surface area is 196 Å². The Morgan fingerprint density at radius 3 is 2.66 bits per heavy atom. The quantitative estimate of drug-likeness (QED) is 0.395. The predicted octanol–water partition coefficient (Wildman–Crippen LogP) is 5.66. The second kappa shape index (κ2) is 9.30. The van der Waals surface area contributed by atoms with Crippen LogP contribution in [0.2, 0.25) is 5.02 Å². The minimum Gasteiger partial charge on any atom is -0.352 e. The van der Waals surface area contributed by atoms with Crippen LogP contribution in [-0.4, -0.2) is 51.6 Å². The second-order valence-electron chi connectivity index (χ2n) is 7.44. The highest BCUT2D eigenvalue weighted by atomic mass is 35.5. The molecule has 2 aromatic carbocycles. The Hall–Kier alpha value is -2.90. The fourth-order valence-electron chi connectivity index (χ4n) is 4.12. The molecule has 0 spiro atoms. The van der Waals surface area contributed by atoms with Crippen molar-refractivity contribution in [2.75, 3.05) is 31.1 Å². The zero-order chi connectivity index (χ0) is 22.8. The third-order valence-corrected chi connectivity index (χ3v) is 6.82. The van der Waals surface area contributed by atoms with Gasteiger partial charge in [0.15, 0.2) is 0 Å². The molecule has 5 rings (SSSR count). The minimum absolute atomic E-state index is 0.0192. The average molecular weight is 468 g/mol. The molecule has 4 aromatic rings. The van der Waals surface area contributed by atoms with Crippen LogP contribution in [0.3, 0.4) is 0 Å². The highest BCUT2D eigenvalue weighted by Gasteiger charge is 2.23. The summed E-state index contributed by atoms with van der Waals surface area (Å²) in [6.07, 6.45) is 3.22. The SMILES string of the molecule is C=CC(=O)N1CCN(c2nsc3cc(-c4c(C)ccc5[nH]ncc45)c(Cl)cc23)CC1.CC. The van der Waals surface area contributed by atoms with Gasteiger partial charge >= 0.3 is 0 Å². The van der Waals surface area contributed by atoms with Crippen molar-refractivity contribution in [2.24, 2.45) is 0 Å². The number of piperazine rings is 1. The van der Waals surface area contributed by atoms with Crippen LogP contribution in [0.5, 0.6) is 0 Å². The van der Waals surface area contributed by atoms with Gasteiger partial charge in [0.05, 0.1) is 16.4 Å². The van der Waals surface area contributed by atoms with Crippen LogP contribution in [0.4, 0.5) is 5.82 Å². The Morgan fingerprint density at radius 1 is 1.19 bits per heavy atom. The minimum atomic E-state index is -0.0192. The summed E-state index contributed by atoms with van der Waals surface area (Å²) >= 11 is 8.27. The van der Waals surface area contributed by atoms with Crippen LogP contribution in [0, 0.1) is 6.92 Å². The fourth-order valence-corrected chi connectivity index (χ4v) is 5.19. The molecule has 1 saturated heterocycles. The number of hydrogen-bond acceptors (Lipinski definition) is 5. The third-order valence-electron chi connectivity index (χ3n) is 5.71. The number of halogens is 1. The van der Waals surface area contributed by atoms with Gasteiger partial charge in [0.2, 0.25) is 5.91 Å². The van der Waals surface area contributed by atoms with Crippen LogP contribution in [-0.2, 0) is 4.79 Å². The van der Waals surface area contributed by atoms with Gasteiger partial charge in [0, 0.05) is 47.5 Å². The maximum atomic E-state index is 11.8. The largest absolute Gasteiger partial charge is 0.352 e. The molecule has 0 saturated carbocycles. The summed E-state index contributed by atoms with van der Waals surface area (Å²) in [6.45, 7) is 12.5. The molecule has 166 valence electrons. The number of aryl methyl sites for hydroxylation is 1. The molecule has 32 heavy (non-hydrogen) atoms. The maximum absolute atomic E-state index is 11.8. The molecule has 3 heterocycles. The van der Waals surface area contributed by atoms with Crippen molar-refractivity contribution in [1.29, 1.82) is 0 Å². The van der Waals surface area contributed by atoms with Crippen LogP contribution < -0.4 is 4.90 Å². The van der Waals surface area contributed by atoms with E-state index in [1.165, 1.54) is 17.6 Å². The molecule has 0 radical (unpaired) electrons. The van der Waals surface area contributed by atoms with Crippen LogP contribution in [0.25, 0.3) is 32.1 Å². The number of aromatic nitrogens is 3. The first-order chi connectivity index (χ1) is 15.6. The van der Waals surface area contributed by atoms with Crippen molar-refractivity contribution in [2.45, 2.75) is 20.8 Å². The van der Waals surface area contributed by atoms with Crippen molar-refractivity contribution in [1.82, 2.24) is 19.5 Å². The molecule has 8 heteroatoms. The number of carbonyl (C=O) groups is 1. The van der Waals surface area contributed by atoms with Gasteiger partial charge in [-0.05, 0) is 53.9 Å². The Balaban J connectivity index is 0.00000119. The Kier molecular flexibility index (Phi) is 6.48. The summed E-state index contributed by atoms with van der Waals surface area (Å²) in [5, 5.41) is 10.0. The van der Waals surface area contributed by atoms with Gasteiger partial charge in [-0.25, -0.2) is 0 Å². The lowest BCUT2D eigenvalue weighted by Crippen LogP contribution is -2.48. The van der Waals surface area contributed by atoms with Gasteiger partial charge in [0.1, 0.15) is 5.82 Å². The van der Waals surface area contributed by atoms with Crippen molar-refractivity contribution < 1.29 is 4.79 Å². The van der Waals surface area contributed by atoms with Gasteiger partial charge in [-0.2, -0.15) is 9.47 Å². The van der Waals surface area contributed by atoms with E-state index in [2.05, 4.69) is 40.7 Å². The predicted molar refractivity (Wildman–Crippen MR) is 135 cm³/mol. The summed E-state index contributed by atoms with van der Waals surface area (Å²) in [7, 11) is 0. The standard InChI is InChI=1S/C22H20ClN5OS.C2H6/c1-3-20(29)27-6-8-28(9-7-27)22-15-10-17(23)14(11-19(15)30-26-22)21-13(2)4-5-18-16(21)12-24-25-18;1-2/h3-5,10-12H,1,6-9H2,2H3,(H,24,25);1-2H3. The highest BCUT2D eigenvalue weighted by molar-refractivity contribution is 7.13. The number of nitrogens with zero attached hydrogens (tertiary/aromatic N) is 4. The molecular formula is C24H26ClN5OS. The monoisotopic (exact) mass is 467 g/mol. The maximum Gasteiger partial charge on any atom is 0.246 e. The molecule has 0 bridgehead atoms. The highest BCUT2D eigenvalue weighted by Crippen LogP contribution is 2.41. The second-order valence-corrected chi connectivity index (χ2v) is 8.65. The van der Waals surface area contributed by atoms with E-state index < -0.39 is 0 Å². The average Bonchev–Trinajstić information content (AvgIpc) is 3.46. The van der Waals surface area contributed by atoms with E-state index in [0.717, 1.165) is 56.6 Å². The summed E-state index contributed by atoms with van der Waals surface area (Å²) < 4.78 is 5.82. The van der Waals surface area contributed by atoms with Crippen LogP contribution in [0.15, 0.2) is 43.1 Å². The number of fused-ring (bicyclic) bond motifs is 2. The van der Waals surface area contributed by atoms with Crippen LogP contribution >= 0.6 is 23.1 Å². The number of hydrogen-bond donors (Lipinski definition) is 1. The van der Waals surface area contributed by atoms with E-state index >= 15 is 0 Å². The van der Waals surface area contributed by atoms with E-state index in [4.69, 9.17) is 16.0 Å². The van der Waals surface area contributed by atoms with Crippen molar-refractivity contribution in [3.8, 4) is 11.1 Å². The smallest absolute Gasteiger partial charge is 0.246 e. The normalized spacial score (nSPS) is 13.9. The molecule has 0 aliphatic carbocycles. The first-order valence-corrected chi connectivity index (χ1v) is 11.9. The van der Waals surface area contributed by atoms with Gasteiger partial charge < -0.3 is 9.80 Å². The summed E-state index contributed by atoms with van der Waals surface area (Å²) in [4.78, 5) is 15.9. The zero-order valence-corrected chi connectivity index (χ0v) is 20.1. The molecule has 1 aliphatic rings. The van der Waals surface area contributed by atoms with Crippen molar-refractivity contribution >= 4 is 55.8 Å². The summed E-state index contributed by atoms with van der Waals surface area (Å²) in [5.41, 5.74) is 4.23. The molecule has 0 atom stereocenters. The van der Waals surface area contributed by atoms with Crippen molar-refractivity contribution in [3.05, 3.63) is 53.7 Å². The van der Waals surface area contributed by atoms with E-state index in [0.29, 0.717) is 18.1 Å². The molecule has 1 fully saturated rings. The molecule has 1 aliphatic heterocycles. The summed E-state index contributed by atoms with van der Waals surface area (Å²) in [6, 6.07) is 8.27. The Morgan fingerprint density at radius 2 is 1.94 bits per heavy atom. The Bertz CT molecular complexity index is 1290. The number of benzene rings is 2. The molecule has 6 nitrogen and oxygen atoms in total. The van der Waals surface area contributed by atoms with E-state index in [-0.39, 0.29) is 5.91 Å². The van der Waals surface area contributed by atoms with E-state index in [1.54, 1.807) is 0 Å². The topological polar surface area (TPSA) is 65.1 Å². The number of aromatic amines is 1. The van der Waals surface area contributed by atoms with E-state index in [1.807, 2.05) is 37.1 Å². The lowest BCUT2D eigenvalue weighted by atomic mass is 9.96. The number of H-pyrrole nitrogens is 1. The lowest BCUT2D eigenvalue weighted by molar-refractivity contribution is -0.126. The van der Waals surface area contributed by atoms with Gasteiger partial charge in [-0.1, -0.05) is 38.1 Å². The number of anilines is 1. The van der Waals surface area contributed by atoms with Gasteiger partial charge in [0.25, 0.3) is 0 Å². The zero-order valence-electron chi connectivity index (χ0n) is 18.5. The molecule has 0 unspecified atom stereocenters. The first-order valence-electron chi connectivity index (χ1n) is 10.7. The lowest BCUT2D eigenvalue weighted by Gasteiger charge is -2.34. The molecular weight excluding hydrogens is 442 g/mol. The number of carbonyl (C=O) groups excluding carboxylic acids is 1. The van der Waals surface area contributed by atoms with E-state index in [9.17, 15) is 4.79 Å². The number of nitrogens with one attached hydrogen (secondary N) is 1. The fraction of sp³-hybridized carbons (Fsp3) is 0.292. The van der Waals surface area contributed by atoms with Crippen LogP contribution in [0.1, 0.15) is 19.4 Å². The molecule has 2 aromatic heterocycles. The number of amides is 1. The molecule has 1 N–H and O–H groups in total. The summed E-state index contributed by atoms with van der Waals surface area (Å²) in [5.74, 6) is 0.918. The number of rotatable bonds is 3. The van der Waals surface area contributed by atoms with Gasteiger partial charge in [-0.15, -0.1) is 0 Å². The third kappa shape index (κ3) is 3.87. The van der Waals surface area contributed by atoms with Crippen molar-refractivity contribution in [3.63, 3.8) is 0 Å². The van der Waals surface area contributed by atoms with Gasteiger partial charge in [-0.3, -0.25) is 9.89 Å². The first kappa shape index (κ1) is 22.3. The molecule has 1 amide bonds.